The summed E-state index contributed by atoms with van der Waals surface area (Å²) in [6.45, 7) is 8.62. The lowest BCUT2D eigenvalue weighted by atomic mass is 10.1. The van der Waals surface area contributed by atoms with Crippen molar-refractivity contribution < 1.29 is 0 Å². The van der Waals surface area contributed by atoms with Gasteiger partial charge in [-0.15, -0.1) is 11.8 Å². The summed E-state index contributed by atoms with van der Waals surface area (Å²) in [5.41, 5.74) is 2.49. The summed E-state index contributed by atoms with van der Waals surface area (Å²) in [5, 5.41) is 3.33. The Hall–Kier alpha value is -0.610. The average Bonchev–Trinajstić information content (AvgIpc) is 2.25. The molecule has 1 aliphatic heterocycles. The number of nitrogens with one attached hydrogen (secondary N) is 1. The van der Waals surface area contributed by atoms with Gasteiger partial charge in [0.1, 0.15) is 5.82 Å². The molecule has 0 saturated carbocycles. The Morgan fingerprint density at radius 3 is 3.00 bits per heavy atom. The van der Waals surface area contributed by atoms with Crippen molar-refractivity contribution in [2.45, 2.75) is 44.2 Å². The highest BCUT2D eigenvalue weighted by molar-refractivity contribution is 7.99. The van der Waals surface area contributed by atoms with Crippen LogP contribution in [0.3, 0.4) is 0 Å². The summed E-state index contributed by atoms with van der Waals surface area (Å²) in [6, 6.07) is 0. The Balaban J connectivity index is 2.06. The van der Waals surface area contributed by atoms with Gasteiger partial charge in [0.05, 0.1) is 5.75 Å². The normalized spacial score (nSPS) is 15.9. The van der Waals surface area contributed by atoms with Crippen molar-refractivity contribution in [3.05, 3.63) is 23.3 Å². The van der Waals surface area contributed by atoms with Crippen LogP contribution >= 0.6 is 11.8 Å². The fourth-order valence-electron chi connectivity index (χ4n) is 1.63. The van der Waals surface area contributed by atoms with E-state index in [4.69, 9.17) is 0 Å². The van der Waals surface area contributed by atoms with Crippen LogP contribution in [0.1, 0.15) is 37.9 Å². The van der Waals surface area contributed by atoms with E-state index in [1.165, 1.54) is 11.3 Å². The number of hydrogen-bond acceptors (Lipinski definition) is 4. The van der Waals surface area contributed by atoms with Crippen molar-refractivity contribution >= 4 is 11.8 Å². The first kappa shape index (κ1) is 11.9. The molecule has 88 valence electrons. The van der Waals surface area contributed by atoms with Crippen LogP contribution in [0.5, 0.6) is 0 Å². The molecule has 1 aromatic rings. The minimum absolute atomic E-state index is 0.279. The monoisotopic (exact) mass is 237 g/mol. The Kier molecular flexibility index (Phi) is 3.50. The molecule has 16 heavy (non-hydrogen) atoms. The lowest BCUT2D eigenvalue weighted by Crippen LogP contribution is -2.25. The first-order chi connectivity index (χ1) is 7.54. The third kappa shape index (κ3) is 3.19. The van der Waals surface area contributed by atoms with Crippen LogP contribution < -0.4 is 5.32 Å². The van der Waals surface area contributed by atoms with Gasteiger partial charge in [0.2, 0.25) is 0 Å². The van der Waals surface area contributed by atoms with Gasteiger partial charge in [-0.25, -0.2) is 9.97 Å². The van der Waals surface area contributed by atoms with Gasteiger partial charge < -0.3 is 5.32 Å². The van der Waals surface area contributed by atoms with E-state index in [9.17, 15) is 0 Å². The predicted octanol–water partition coefficient (Wildman–Crippen LogP) is 2.15. The number of thioether (sulfide) groups is 1. The highest BCUT2D eigenvalue weighted by Crippen LogP contribution is 2.26. The fraction of sp³-hybridized carbons (Fsp3) is 0.667. The predicted molar refractivity (Wildman–Crippen MR) is 68.5 cm³/mol. The summed E-state index contributed by atoms with van der Waals surface area (Å²) >= 11 is 1.90. The Bertz CT molecular complexity index is 371. The van der Waals surface area contributed by atoms with Crippen LogP contribution in [0, 0.1) is 0 Å². The van der Waals surface area contributed by atoms with Crippen molar-refractivity contribution in [1.29, 1.82) is 0 Å². The lowest BCUT2D eigenvalue weighted by molar-refractivity contribution is 0.622. The fourth-order valence-corrected chi connectivity index (χ4v) is 2.33. The molecule has 0 amide bonds. The zero-order valence-corrected chi connectivity index (χ0v) is 11.0. The van der Waals surface area contributed by atoms with Gasteiger partial charge in [-0.05, 0) is 0 Å². The van der Waals surface area contributed by atoms with Gasteiger partial charge in [0.15, 0.2) is 0 Å². The molecule has 0 aromatic carbocycles. The molecule has 1 aromatic heterocycles. The number of hydrogen-bond donors (Lipinski definition) is 1. The molecule has 0 fully saturated rings. The second kappa shape index (κ2) is 4.72. The van der Waals surface area contributed by atoms with Crippen molar-refractivity contribution in [3.8, 4) is 0 Å². The van der Waals surface area contributed by atoms with Crippen LogP contribution in [0.4, 0.5) is 0 Å². The van der Waals surface area contributed by atoms with E-state index in [-0.39, 0.29) is 4.75 Å². The molecule has 4 heteroatoms. The molecule has 0 unspecified atom stereocenters. The SMILES string of the molecule is CC(C)(C)SCc1ncc2c(n1)CCNC2. The largest absolute Gasteiger partial charge is 0.312 e. The van der Waals surface area contributed by atoms with Gasteiger partial charge >= 0.3 is 0 Å². The van der Waals surface area contributed by atoms with Gasteiger partial charge in [-0.3, -0.25) is 0 Å². The van der Waals surface area contributed by atoms with Gasteiger partial charge in [-0.1, -0.05) is 20.8 Å². The molecule has 2 rings (SSSR count). The lowest BCUT2D eigenvalue weighted by Gasteiger charge is -2.19. The molecule has 0 bridgehead atoms. The van der Waals surface area contributed by atoms with Gasteiger partial charge in [0.25, 0.3) is 0 Å². The second-order valence-electron chi connectivity index (χ2n) is 5.09. The van der Waals surface area contributed by atoms with Crippen LogP contribution in [-0.2, 0) is 18.7 Å². The van der Waals surface area contributed by atoms with Crippen molar-refractivity contribution in [1.82, 2.24) is 15.3 Å². The van der Waals surface area contributed by atoms with E-state index < -0.39 is 0 Å². The van der Waals surface area contributed by atoms with Crippen LogP contribution in [0.2, 0.25) is 0 Å². The van der Waals surface area contributed by atoms with E-state index in [1.54, 1.807) is 0 Å². The zero-order valence-electron chi connectivity index (χ0n) is 10.2. The maximum absolute atomic E-state index is 4.64. The van der Waals surface area contributed by atoms with Crippen LogP contribution in [0.25, 0.3) is 0 Å². The molecule has 2 heterocycles. The van der Waals surface area contributed by atoms with Crippen LogP contribution in [-0.4, -0.2) is 21.3 Å². The van der Waals surface area contributed by atoms with E-state index in [0.717, 1.165) is 31.1 Å². The summed E-state index contributed by atoms with van der Waals surface area (Å²) in [6.07, 6.45) is 3.01. The third-order valence-corrected chi connectivity index (χ3v) is 3.76. The summed E-state index contributed by atoms with van der Waals surface area (Å²) < 4.78 is 0.279. The minimum atomic E-state index is 0.279. The summed E-state index contributed by atoms with van der Waals surface area (Å²) in [4.78, 5) is 9.07. The molecule has 0 saturated heterocycles. The molecular weight excluding hydrogens is 218 g/mol. The maximum atomic E-state index is 4.64. The number of rotatable bonds is 2. The molecule has 3 nitrogen and oxygen atoms in total. The van der Waals surface area contributed by atoms with E-state index in [2.05, 4.69) is 36.1 Å². The topological polar surface area (TPSA) is 37.8 Å². The summed E-state index contributed by atoms with van der Waals surface area (Å²) in [5.74, 6) is 1.88. The highest BCUT2D eigenvalue weighted by atomic mass is 32.2. The molecule has 1 aliphatic rings. The maximum Gasteiger partial charge on any atom is 0.138 e. The number of nitrogens with zero attached hydrogens (tertiary/aromatic N) is 2. The molecule has 0 atom stereocenters. The third-order valence-electron chi connectivity index (χ3n) is 2.49. The average molecular weight is 237 g/mol. The van der Waals surface area contributed by atoms with Crippen molar-refractivity contribution in [2.75, 3.05) is 6.54 Å². The van der Waals surface area contributed by atoms with Gasteiger partial charge in [0, 0.05) is 41.7 Å². The van der Waals surface area contributed by atoms with E-state index in [0.29, 0.717) is 0 Å². The van der Waals surface area contributed by atoms with E-state index >= 15 is 0 Å². The Labute approximate surface area is 101 Å². The summed E-state index contributed by atoms with van der Waals surface area (Å²) in [7, 11) is 0. The molecule has 0 aliphatic carbocycles. The first-order valence-electron chi connectivity index (χ1n) is 5.73. The minimum Gasteiger partial charge on any atom is -0.312 e. The smallest absolute Gasteiger partial charge is 0.138 e. The molecule has 0 radical (unpaired) electrons. The molecule has 1 N–H and O–H groups in total. The number of aromatic nitrogens is 2. The quantitative estimate of drug-likeness (QED) is 0.855. The van der Waals surface area contributed by atoms with Crippen molar-refractivity contribution in [3.63, 3.8) is 0 Å². The Morgan fingerprint density at radius 2 is 2.25 bits per heavy atom. The number of fused-ring (bicyclic) bond motifs is 1. The van der Waals surface area contributed by atoms with Gasteiger partial charge in [-0.2, -0.15) is 0 Å². The van der Waals surface area contributed by atoms with Crippen LogP contribution in [0.15, 0.2) is 6.20 Å². The zero-order chi connectivity index (χ0) is 11.6. The first-order valence-corrected chi connectivity index (χ1v) is 6.71. The van der Waals surface area contributed by atoms with Crippen molar-refractivity contribution in [2.24, 2.45) is 0 Å². The Morgan fingerprint density at radius 1 is 1.44 bits per heavy atom. The molecular formula is C12H19N3S. The standard InChI is InChI=1S/C12H19N3S/c1-12(2,3)16-8-11-14-7-9-6-13-5-4-10(9)15-11/h7,13H,4-6,8H2,1-3H3. The highest BCUT2D eigenvalue weighted by Gasteiger charge is 2.14. The molecule has 0 spiro atoms. The van der Waals surface area contributed by atoms with E-state index in [1.807, 2.05) is 18.0 Å². The second-order valence-corrected chi connectivity index (χ2v) is 6.89.